The third-order valence-corrected chi connectivity index (χ3v) is 6.52. The van der Waals surface area contributed by atoms with Crippen molar-refractivity contribution in [2.75, 3.05) is 0 Å². The molecule has 35 heavy (non-hydrogen) atoms. The molecule has 2 nitrogen and oxygen atoms in total. The van der Waals surface area contributed by atoms with Gasteiger partial charge in [0, 0.05) is 0 Å². The lowest BCUT2D eigenvalue weighted by Crippen LogP contribution is -2.17. The number of phenolic OH excluding ortho intramolecular Hbond substituents is 2. The zero-order valence-corrected chi connectivity index (χ0v) is 25.3. The van der Waals surface area contributed by atoms with Gasteiger partial charge in [-0.15, -0.1) is 0 Å². The van der Waals surface area contributed by atoms with Crippen LogP contribution in [0.4, 0.5) is 0 Å². The summed E-state index contributed by atoms with van der Waals surface area (Å²) in [7, 11) is 0. The predicted molar refractivity (Wildman–Crippen MR) is 154 cm³/mol. The lowest BCUT2D eigenvalue weighted by Gasteiger charge is -2.28. The molecule has 2 N–H and O–H groups in total. The van der Waals surface area contributed by atoms with Crippen LogP contribution in [-0.2, 0) is 34.5 Å². The molecule has 0 aliphatic rings. The van der Waals surface area contributed by atoms with Gasteiger partial charge in [0.15, 0.2) is 0 Å². The van der Waals surface area contributed by atoms with Gasteiger partial charge in [-0.2, -0.15) is 0 Å². The van der Waals surface area contributed by atoms with Gasteiger partial charge in [-0.1, -0.05) is 128 Å². The predicted octanol–water partition coefficient (Wildman–Crippen LogP) is 9.49. The average Bonchev–Trinajstić information content (AvgIpc) is 2.66. The highest BCUT2D eigenvalue weighted by Crippen LogP contribution is 2.41. The summed E-state index contributed by atoms with van der Waals surface area (Å²) in [6.45, 7) is 30.2. The first-order valence-electron chi connectivity index (χ1n) is 13.4. The molecule has 0 saturated heterocycles. The average molecular weight is 483 g/mol. The molecule has 0 radical (unpaired) electrons. The number of hydrogen-bond acceptors (Lipinski definition) is 2. The Balaban J connectivity index is 0.000000351. The third-order valence-electron chi connectivity index (χ3n) is 6.52. The van der Waals surface area contributed by atoms with Gasteiger partial charge in [-0.05, 0) is 67.9 Å². The van der Waals surface area contributed by atoms with Crippen LogP contribution in [0.15, 0.2) is 24.3 Å². The maximum atomic E-state index is 10.6. The van der Waals surface area contributed by atoms with Crippen molar-refractivity contribution in [3.05, 3.63) is 57.6 Å². The number of hydrogen-bond donors (Lipinski definition) is 2. The fraction of sp³-hybridized carbons (Fsp3) is 0.636. The Morgan fingerprint density at radius 3 is 0.943 bits per heavy atom. The van der Waals surface area contributed by atoms with E-state index in [0.717, 1.165) is 41.5 Å². The van der Waals surface area contributed by atoms with Crippen LogP contribution >= 0.6 is 0 Å². The summed E-state index contributed by atoms with van der Waals surface area (Å²) >= 11 is 0. The van der Waals surface area contributed by atoms with Crippen molar-refractivity contribution in [2.24, 2.45) is 0 Å². The van der Waals surface area contributed by atoms with Crippen LogP contribution in [0.25, 0.3) is 0 Å². The summed E-state index contributed by atoms with van der Waals surface area (Å²) in [4.78, 5) is 0. The van der Waals surface area contributed by atoms with E-state index in [1.54, 1.807) is 0 Å². The molecular formula is C33H54O2. The molecule has 2 aromatic rings. The molecule has 0 bridgehead atoms. The molecule has 0 heterocycles. The molecule has 2 heteroatoms. The fourth-order valence-corrected chi connectivity index (χ4v) is 4.31. The van der Waals surface area contributed by atoms with Crippen LogP contribution in [0.5, 0.6) is 11.5 Å². The van der Waals surface area contributed by atoms with Gasteiger partial charge in [0.2, 0.25) is 0 Å². The number of benzene rings is 2. The van der Waals surface area contributed by atoms with Crippen molar-refractivity contribution in [3.8, 4) is 11.5 Å². The van der Waals surface area contributed by atoms with E-state index in [4.69, 9.17) is 0 Å². The first-order chi connectivity index (χ1) is 15.6. The Hall–Kier alpha value is -1.96. The Morgan fingerprint density at radius 1 is 0.486 bits per heavy atom. The third kappa shape index (κ3) is 8.29. The second-order valence-corrected chi connectivity index (χ2v) is 14.2. The SMILES string of the molecule is CCCc1cc(C(C)(C)C)c(O)c(C(C)(C)C)c1.CCc1cc(C(C)(C)C)c(O)c(C(C)(C)C)c1. The standard InChI is InChI=1S/C17H28O.C16H26O/c1-8-9-12-10-13(16(2,3)4)15(18)14(11-12)17(5,6)7;1-8-11-9-12(15(2,3)4)14(17)13(10-11)16(5,6)7/h10-11,18H,8-9H2,1-7H3;9-10,17H,8H2,1-7H3. The van der Waals surface area contributed by atoms with E-state index in [9.17, 15) is 10.2 Å². The fourth-order valence-electron chi connectivity index (χ4n) is 4.31. The van der Waals surface area contributed by atoms with Crippen LogP contribution in [0.1, 0.15) is 137 Å². The molecule has 0 atom stereocenters. The van der Waals surface area contributed by atoms with Crippen LogP contribution in [-0.4, -0.2) is 10.2 Å². The van der Waals surface area contributed by atoms with E-state index in [2.05, 4.69) is 121 Å². The Labute approximate surface area is 217 Å². The van der Waals surface area contributed by atoms with Crippen molar-refractivity contribution in [1.29, 1.82) is 0 Å². The maximum absolute atomic E-state index is 10.6. The smallest absolute Gasteiger partial charge is 0.123 e. The quantitative estimate of drug-likeness (QED) is 0.457. The lowest BCUT2D eigenvalue weighted by atomic mass is 9.78. The summed E-state index contributed by atoms with van der Waals surface area (Å²) in [5.74, 6) is 0.956. The van der Waals surface area contributed by atoms with Gasteiger partial charge in [0.05, 0.1) is 0 Å². The Bertz CT molecular complexity index is 914. The van der Waals surface area contributed by atoms with E-state index < -0.39 is 0 Å². The molecule has 0 fully saturated rings. The zero-order valence-electron chi connectivity index (χ0n) is 25.3. The number of rotatable bonds is 3. The molecule has 0 aromatic heterocycles. The Morgan fingerprint density at radius 2 is 0.743 bits per heavy atom. The minimum absolute atomic E-state index is 0.0186. The van der Waals surface area contributed by atoms with Crippen molar-refractivity contribution in [3.63, 3.8) is 0 Å². The van der Waals surface area contributed by atoms with E-state index >= 15 is 0 Å². The van der Waals surface area contributed by atoms with E-state index in [1.165, 1.54) is 11.1 Å². The van der Waals surface area contributed by atoms with Crippen molar-refractivity contribution in [2.45, 2.75) is 138 Å². The lowest BCUT2D eigenvalue weighted by molar-refractivity contribution is 0.422. The zero-order chi connectivity index (χ0) is 27.6. The first kappa shape index (κ1) is 31.1. The highest BCUT2D eigenvalue weighted by Gasteiger charge is 2.27. The van der Waals surface area contributed by atoms with Crippen LogP contribution in [0.3, 0.4) is 0 Å². The molecule has 0 aliphatic heterocycles. The second-order valence-electron chi connectivity index (χ2n) is 14.2. The van der Waals surface area contributed by atoms with Gasteiger partial charge in [0.25, 0.3) is 0 Å². The van der Waals surface area contributed by atoms with Crippen molar-refractivity contribution < 1.29 is 10.2 Å². The van der Waals surface area contributed by atoms with Crippen LogP contribution < -0.4 is 0 Å². The maximum Gasteiger partial charge on any atom is 0.123 e. The highest BCUT2D eigenvalue weighted by atomic mass is 16.3. The molecule has 2 rings (SSSR count). The van der Waals surface area contributed by atoms with E-state index in [0.29, 0.717) is 11.5 Å². The van der Waals surface area contributed by atoms with Gasteiger partial charge < -0.3 is 10.2 Å². The number of phenols is 2. The number of aryl methyl sites for hydroxylation is 2. The molecule has 0 saturated carbocycles. The largest absolute Gasteiger partial charge is 0.507 e. The van der Waals surface area contributed by atoms with Gasteiger partial charge in [-0.3, -0.25) is 0 Å². The highest BCUT2D eigenvalue weighted by molar-refractivity contribution is 5.51. The van der Waals surface area contributed by atoms with Crippen molar-refractivity contribution in [1.82, 2.24) is 0 Å². The molecule has 0 amide bonds. The molecule has 198 valence electrons. The number of aromatic hydroxyl groups is 2. The molecule has 2 aromatic carbocycles. The molecular weight excluding hydrogens is 428 g/mol. The monoisotopic (exact) mass is 482 g/mol. The van der Waals surface area contributed by atoms with Crippen molar-refractivity contribution >= 4 is 0 Å². The van der Waals surface area contributed by atoms with Gasteiger partial charge in [0.1, 0.15) is 11.5 Å². The minimum atomic E-state index is -0.0200. The van der Waals surface area contributed by atoms with E-state index in [-0.39, 0.29) is 21.7 Å². The Kier molecular flexibility index (Phi) is 9.74. The second kappa shape index (κ2) is 11.0. The van der Waals surface area contributed by atoms with E-state index in [1.807, 2.05) is 0 Å². The summed E-state index contributed by atoms with van der Waals surface area (Å²) < 4.78 is 0. The normalized spacial score (nSPS) is 12.9. The molecule has 0 spiro atoms. The summed E-state index contributed by atoms with van der Waals surface area (Å²) in [6.07, 6.45) is 3.22. The topological polar surface area (TPSA) is 40.5 Å². The summed E-state index contributed by atoms with van der Waals surface area (Å²) in [5, 5.41) is 21.0. The first-order valence-corrected chi connectivity index (χ1v) is 13.4. The molecule has 0 unspecified atom stereocenters. The molecule has 0 aliphatic carbocycles. The van der Waals surface area contributed by atoms with Crippen LogP contribution in [0, 0.1) is 0 Å². The minimum Gasteiger partial charge on any atom is -0.507 e. The van der Waals surface area contributed by atoms with Crippen LogP contribution in [0.2, 0.25) is 0 Å². The van der Waals surface area contributed by atoms with Gasteiger partial charge >= 0.3 is 0 Å². The summed E-state index contributed by atoms with van der Waals surface area (Å²) in [6, 6.07) is 8.64. The summed E-state index contributed by atoms with van der Waals surface area (Å²) in [5.41, 5.74) is 6.81. The van der Waals surface area contributed by atoms with Gasteiger partial charge in [-0.25, -0.2) is 0 Å².